The van der Waals surface area contributed by atoms with Gasteiger partial charge in [-0.25, -0.2) is 4.98 Å². The summed E-state index contributed by atoms with van der Waals surface area (Å²) < 4.78 is 1.24. The van der Waals surface area contributed by atoms with Gasteiger partial charge < -0.3 is 15.4 Å². The van der Waals surface area contributed by atoms with E-state index < -0.39 is 4.92 Å². The maximum absolute atomic E-state index is 12.0. The molecule has 1 N–H and O–H groups in total. The minimum Gasteiger partial charge on any atom is -0.358 e. The van der Waals surface area contributed by atoms with Crippen molar-refractivity contribution in [2.24, 2.45) is 0 Å². The van der Waals surface area contributed by atoms with Gasteiger partial charge in [0.25, 0.3) is 0 Å². The number of aromatic nitrogens is 3. The van der Waals surface area contributed by atoms with E-state index in [-0.39, 0.29) is 29.7 Å². The third-order valence-corrected chi connectivity index (χ3v) is 4.18. The Morgan fingerprint density at radius 3 is 2.74 bits per heavy atom. The van der Waals surface area contributed by atoms with Crippen LogP contribution in [0.1, 0.15) is 44.4 Å². The summed E-state index contributed by atoms with van der Waals surface area (Å²) in [6, 6.07) is 1.03. The normalized spacial score (nSPS) is 12.9. The van der Waals surface area contributed by atoms with Crippen LogP contribution in [0.25, 0.3) is 0 Å². The van der Waals surface area contributed by atoms with Gasteiger partial charge in [0.05, 0.1) is 29.1 Å². The second kappa shape index (κ2) is 6.45. The summed E-state index contributed by atoms with van der Waals surface area (Å²) in [7, 11) is 0. The second-order valence-electron chi connectivity index (χ2n) is 6.24. The fourth-order valence-corrected chi connectivity index (χ4v) is 2.92. The molecule has 0 aliphatic rings. The Bertz CT molecular complexity index is 716. The minimum absolute atomic E-state index is 0.0352. The molecule has 1 unspecified atom stereocenters. The zero-order valence-corrected chi connectivity index (χ0v) is 14.3. The average Bonchev–Trinajstić information content (AvgIpc) is 3.05. The van der Waals surface area contributed by atoms with E-state index in [0.717, 1.165) is 10.7 Å². The topological polar surface area (TPSA) is 103 Å². The first-order valence-corrected chi connectivity index (χ1v) is 7.98. The number of carbonyl (C=O) groups is 1. The highest BCUT2D eigenvalue weighted by Crippen LogP contribution is 2.26. The number of amides is 1. The van der Waals surface area contributed by atoms with Crippen molar-refractivity contribution in [1.82, 2.24) is 20.1 Å². The smallest absolute Gasteiger partial charge is 0.358 e. The predicted molar refractivity (Wildman–Crippen MR) is 86.3 cm³/mol. The Balaban J connectivity index is 1.96. The largest absolute Gasteiger partial charge is 0.389 e. The monoisotopic (exact) mass is 337 g/mol. The van der Waals surface area contributed by atoms with Gasteiger partial charge in [0.1, 0.15) is 11.6 Å². The highest BCUT2D eigenvalue weighted by Gasteiger charge is 2.21. The fourth-order valence-electron chi connectivity index (χ4n) is 1.86. The van der Waals surface area contributed by atoms with Crippen LogP contribution in [-0.4, -0.2) is 25.6 Å². The molecule has 2 rings (SSSR count). The van der Waals surface area contributed by atoms with Crippen molar-refractivity contribution in [2.45, 2.75) is 45.7 Å². The maximum Gasteiger partial charge on any atom is 0.389 e. The van der Waals surface area contributed by atoms with Crippen LogP contribution in [0, 0.1) is 10.1 Å². The summed E-state index contributed by atoms with van der Waals surface area (Å²) >= 11 is 1.50. The van der Waals surface area contributed by atoms with Gasteiger partial charge in [0, 0.05) is 10.8 Å². The Morgan fingerprint density at radius 2 is 2.22 bits per heavy atom. The summed E-state index contributed by atoms with van der Waals surface area (Å²) in [5.74, 6) is -0.552. The van der Waals surface area contributed by atoms with Gasteiger partial charge in [-0.15, -0.1) is 11.3 Å². The van der Waals surface area contributed by atoms with E-state index in [0.29, 0.717) is 0 Å². The predicted octanol–water partition coefficient (Wildman–Crippen LogP) is 2.42. The molecule has 2 aromatic heterocycles. The average molecular weight is 337 g/mol. The molecule has 124 valence electrons. The van der Waals surface area contributed by atoms with E-state index in [1.807, 2.05) is 12.3 Å². The number of rotatable bonds is 5. The van der Waals surface area contributed by atoms with Crippen LogP contribution in [0.3, 0.4) is 0 Å². The van der Waals surface area contributed by atoms with Crippen molar-refractivity contribution in [3.05, 3.63) is 38.5 Å². The molecule has 1 amide bonds. The standard InChI is InChI=1S/C14H19N5O3S/c1-9(13-16-10(8-23-13)14(2,3)4)15-12(20)7-18-6-5-11(17-18)19(21)22/h5-6,8-9H,7H2,1-4H3,(H,15,20). The molecule has 0 saturated carbocycles. The van der Waals surface area contributed by atoms with Crippen molar-refractivity contribution < 1.29 is 9.72 Å². The van der Waals surface area contributed by atoms with Gasteiger partial charge in [-0.05, 0) is 11.8 Å². The highest BCUT2D eigenvalue weighted by atomic mass is 32.1. The molecule has 9 heteroatoms. The number of nitrogens with one attached hydrogen (secondary N) is 1. The fraction of sp³-hybridized carbons (Fsp3) is 0.500. The van der Waals surface area contributed by atoms with E-state index >= 15 is 0 Å². The van der Waals surface area contributed by atoms with Crippen molar-refractivity contribution in [1.29, 1.82) is 0 Å². The summed E-state index contributed by atoms with van der Waals surface area (Å²) in [6.07, 6.45) is 1.41. The van der Waals surface area contributed by atoms with Crippen LogP contribution in [-0.2, 0) is 16.8 Å². The van der Waals surface area contributed by atoms with Crippen LogP contribution in [0.2, 0.25) is 0 Å². The first-order chi connectivity index (χ1) is 10.7. The molecule has 0 bridgehead atoms. The SMILES string of the molecule is CC(NC(=O)Cn1ccc([N+](=O)[O-])n1)c1nc(C(C)(C)C)cs1. The van der Waals surface area contributed by atoms with E-state index in [9.17, 15) is 14.9 Å². The third kappa shape index (κ3) is 4.35. The second-order valence-corrected chi connectivity index (χ2v) is 7.13. The van der Waals surface area contributed by atoms with Crippen LogP contribution in [0.4, 0.5) is 5.82 Å². The molecule has 23 heavy (non-hydrogen) atoms. The number of thiazole rings is 1. The summed E-state index contributed by atoms with van der Waals surface area (Å²) in [5, 5.41) is 19.9. The number of carbonyl (C=O) groups excluding carboxylic acids is 1. The van der Waals surface area contributed by atoms with Gasteiger partial charge in [0.15, 0.2) is 0 Å². The van der Waals surface area contributed by atoms with Gasteiger partial charge >= 0.3 is 5.82 Å². The number of hydrogen-bond acceptors (Lipinski definition) is 6. The lowest BCUT2D eigenvalue weighted by Crippen LogP contribution is -2.30. The van der Waals surface area contributed by atoms with Crippen molar-refractivity contribution >= 4 is 23.1 Å². The molecule has 1 atom stereocenters. The van der Waals surface area contributed by atoms with Gasteiger partial charge in [0.2, 0.25) is 5.91 Å². The minimum atomic E-state index is -0.597. The van der Waals surface area contributed by atoms with E-state index in [1.54, 1.807) is 0 Å². The van der Waals surface area contributed by atoms with Gasteiger partial charge in [-0.1, -0.05) is 20.8 Å². The zero-order chi connectivity index (χ0) is 17.2. The Labute approximate surface area is 137 Å². The molecular weight excluding hydrogens is 318 g/mol. The zero-order valence-electron chi connectivity index (χ0n) is 13.4. The van der Waals surface area contributed by atoms with Crippen LogP contribution in [0.5, 0.6) is 0 Å². The molecule has 2 heterocycles. The van der Waals surface area contributed by atoms with E-state index in [1.165, 1.54) is 28.3 Å². The number of hydrogen-bond donors (Lipinski definition) is 1. The lowest BCUT2D eigenvalue weighted by molar-refractivity contribution is -0.389. The van der Waals surface area contributed by atoms with Crippen LogP contribution in [0.15, 0.2) is 17.6 Å². The van der Waals surface area contributed by atoms with Crippen molar-refractivity contribution in [3.8, 4) is 0 Å². The van der Waals surface area contributed by atoms with Gasteiger partial charge in [-0.3, -0.25) is 4.79 Å². The molecule has 0 fully saturated rings. The first kappa shape index (κ1) is 17.1. The molecule has 8 nitrogen and oxygen atoms in total. The molecule has 0 aliphatic heterocycles. The molecule has 0 aromatic carbocycles. The third-order valence-electron chi connectivity index (χ3n) is 3.16. The van der Waals surface area contributed by atoms with E-state index in [2.05, 4.69) is 36.2 Å². The molecule has 0 radical (unpaired) electrons. The lowest BCUT2D eigenvalue weighted by atomic mass is 9.93. The molecule has 0 saturated heterocycles. The quantitative estimate of drug-likeness (QED) is 0.666. The van der Waals surface area contributed by atoms with Gasteiger partial charge in [-0.2, -0.15) is 4.68 Å². The molecule has 2 aromatic rings. The Hall–Kier alpha value is -2.29. The Kier molecular flexibility index (Phi) is 4.79. The van der Waals surface area contributed by atoms with Crippen LogP contribution >= 0.6 is 11.3 Å². The summed E-state index contributed by atoms with van der Waals surface area (Å²) in [5.41, 5.74) is 0.952. The van der Waals surface area contributed by atoms with Crippen LogP contribution < -0.4 is 5.32 Å². The van der Waals surface area contributed by atoms with E-state index in [4.69, 9.17) is 0 Å². The summed E-state index contributed by atoms with van der Waals surface area (Å²) in [4.78, 5) is 26.5. The van der Waals surface area contributed by atoms with Crippen molar-refractivity contribution in [3.63, 3.8) is 0 Å². The highest BCUT2D eigenvalue weighted by molar-refractivity contribution is 7.09. The molecule has 0 spiro atoms. The molecular formula is C14H19N5O3S. The Morgan fingerprint density at radius 1 is 1.52 bits per heavy atom. The number of nitro groups is 1. The number of nitrogens with zero attached hydrogens (tertiary/aromatic N) is 4. The molecule has 0 aliphatic carbocycles. The maximum atomic E-state index is 12.0. The first-order valence-electron chi connectivity index (χ1n) is 7.10. The van der Waals surface area contributed by atoms with Crippen molar-refractivity contribution in [2.75, 3.05) is 0 Å². The summed E-state index contributed by atoms with van der Waals surface area (Å²) in [6.45, 7) is 8.03. The lowest BCUT2D eigenvalue weighted by Gasteiger charge is -2.15.